The molecule has 0 atom stereocenters. The predicted molar refractivity (Wildman–Crippen MR) is 89.0 cm³/mol. The van der Waals surface area contributed by atoms with Gasteiger partial charge in [-0.05, 0) is 41.1 Å². The number of benzene rings is 1. The highest BCUT2D eigenvalue weighted by Gasteiger charge is 2.17. The molecule has 10 heteroatoms. The number of aryl methyl sites for hydroxylation is 1. The second-order valence-electron chi connectivity index (χ2n) is 4.75. The average Bonchev–Trinajstić information content (AvgIpc) is 2.85. The summed E-state index contributed by atoms with van der Waals surface area (Å²) in [5.74, 6) is 0.425. The number of hydrogen-bond acceptors (Lipinski definition) is 7. The molecule has 2 aromatic heterocycles. The van der Waals surface area contributed by atoms with Crippen molar-refractivity contribution in [2.45, 2.75) is 12.1 Å². The van der Waals surface area contributed by atoms with E-state index >= 15 is 0 Å². The van der Waals surface area contributed by atoms with E-state index in [0.29, 0.717) is 5.82 Å². The quantitative estimate of drug-likeness (QED) is 0.605. The largest absolute Gasteiger partial charge is 0.368 e. The molecule has 2 N–H and O–H groups in total. The zero-order valence-electron chi connectivity index (χ0n) is 11.6. The topological polar surface area (TPSA) is 116 Å². The van der Waals surface area contributed by atoms with Crippen molar-refractivity contribution in [3.05, 3.63) is 27.3 Å². The molecule has 0 aliphatic heterocycles. The number of nitrogens with two attached hydrogens (primary N) is 1. The molecule has 0 aliphatic carbocycles. The molecule has 114 valence electrons. The van der Waals surface area contributed by atoms with Crippen LogP contribution in [-0.4, -0.2) is 39.2 Å². The first-order valence-corrected chi connectivity index (χ1v) is 9.09. The van der Waals surface area contributed by atoms with E-state index in [0.717, 1.165) is 21.0 Å². The minimum Gasteiger partial charge on any atom is -0.368 e. The number of nitrogens with zero attached hydrogens (tertiary/aromatic N) is 5. The van der Waals surface area contributed by atoms with Gasteiger partial charge in [-0.1, -0.05) is 12.1 Å². The molecular formula is C12H11IN6O2S. The van der Waals surface area contributed by atoms with Gasteiger partial charge in [-0.3, -0.25) is 0 Å². The Kier molecular flexibility index (Phi) is 3.51. The van der Waals surface area contributed by atoms with Crippen LogP contribution in [0.15, 0.2) is 23.4 Å². The lowest BCUT2D eigenvalue weighted by Gasteiger charge is -2.00. The van der Waals surface area contributed by atoms with Crippen LogP contribution >= 0.6 is 22.6 Å². The molecule has 2 heterocycles. The van der Waals surface area contributed by atoms with E-state index in [1.54, 1.807) is 0 Å². The molecule has 0 saturated carbocycles. The third-order valence-corrected chi connectivity index (χ3v) is 4.98. The molecule has 3 aromatic rings. The standard InChI is InChI=1S/C12H11IN6O2S/c1-6-3-4-7(5-8(6)13)9-15-11-17-12(22(2,20)21)16-10(14)19(11)18-9/h3-5H,1-2H3,(H2,14,15,16,17,18). The fourth-order valence-corrected chi connectivity index (χ4v) is 2.83. The van der Waals surface area contributed by atoms with Crippen molar-refractivity contribution in [3.8, 4) is 11.4 Å². The first-order valence-electron chi connectivity index (χ1n) is 6.12. The second kappa shape index (κ2) is 5.12. The van der Waals surface area contributed by atoms with Crippen LogP contribution in [0.1, 0.15) is 5.56 Å². The van der Waals surface area contributed by atoms with Crippen molar-refractivity contribution in [3.63, 3.8) is 0 Å². The van der Waals surface area contributed by atoms with Crippen LogP contribution in [0.5, 0.6) is 0 Å². The van der Waals surface area contributed by atoms with Gasteiger partial charge in [0.05, 0.1) is 0 Å². The third-order valence-electron chi connectivity index (χ3n) is 2.97. The zero-order chi connectivity index (χ0) is 16.1. The van der Waals surface area contributed by atoms with Gasteiger partial charge in [0.15, 0.2) is 5.82 Å². The van der Waals surface area contributed by atoms with Gasteiger partial charge in [-0.2, -0.15) is 19.5 Å². The number of anilines is 1. The van der Waals surface area contributed by atoms with Crippen LogP contribution in [0.4, 0.5) is 5.95 Å². The highest BCUT2D eigenvalue weighted by molar-refractivity contribution is 14.1. The minimum atomic E-state index is -3.57. The first-order chi connectivity index (χ1) is 10.3. The number of nitrogen functional groups attached to an aromatic ring is 1. The fraction of sp³-hybridized carbons (Fsp3) is 0.167. The van der Waals surface area contributed by atoms with Crippen molar-refractivity contribution in [2.75, 3.05) is 12.0 Å². The molecular weight excluding hydrogens is 419 g/mol. The summed E-state index contributed by atoms with van der Waals surface area (Å²) in [5.41, 5.74) is 7.68. The van der Waals surface area contributed by atoms with Gasteiger partial charge >= 0.3 is 0 Å². The molecule has 3 rings (SSSR count). The van der Waals surface area contributed by atoms with Crippen molar-refractivity contribution in [2.24, 2.45) is 0 Å². The molecule has 0 spiro atoms. The molecule has 0 unspecified atom stereocenters. The smallest absolute Gasteiger partial charge is 0.258 e. The lowest BCUT2D eigenvalue weighted by molar-refractivity contribution is 0.592. The Morgan fingerprint density at radius 1 is 1.23 bits per heavy atom. The number of sulfone groups is 1. The predicted octanol–water partition coefficient (Wildman–Crippen LogP) is 1.09. The molecule has 0 fully saturated rings. The number of hydrogen-bond donors (Lipinski definition) is 1. The third kappa shape index (κ3) is 2.63. The lowest BCUT2D eigenvalue weighted by Crippen LogP contribution is -2.11. The van der Waals surface area contributed by atoms with Crippen molar-refractivity contribution in [1.29, 1.82) is 0 Å². The maximum atomic E-state index is 11.5. The van der Waals surface area contributed by atoms with E-state index in [9.17, 15) is 8.42 Å². The molecule has 0 radical (unpaired) electrons. The molecule has 0 amide bonds. The van der Waals surface area contributed by atoms with E-state index < -0.39 is 9.84 Å². The van der Waals surface area contributed by atoms with Crippen LogP contribution in [0, 0.1) is 10.5 Å². The summed E-state index contributed by atoms with van der Waals surface area (Å²) < 4.78 is 25.4. The number of halogens is 1. The summed E-state index contributed by atoms with van der Waals surface area (Å²) >= 11 is 2.22. The van der Waals surface area contributed by atoms with E-state index in [1.807, 2.05) is 25.1 Å². The van der Waals surface area contributed by atoms with E-state index in [2.05, 4.69) is 42.6 Å². The normalized spacial score (nSPS) is 12.0. The van der Waals surface area contributed by atoms with Gasteiger partial charge in [0.2, 0.25) is 15.8 Å². The first kappa shape index (κ1) is 15.1. The van der Waals surface area contributed by atoms with Crippen LogP contribution in [0.25, 0.3) is 17.2 Å². The van der Waals surface area contributed by atoms with Gasteiger partial charge in [0.25, 0.3) is 10.9 Å². The Morgan fingerprint density at radius 3 is 2.59 bits per heavy atom. The maximum absolute atomic E-state index is 11.5. The van der Waals surface area contributed by atoms with Crippen LogP contribution < -0.4 is 5.73 Å². The second-order valence-corrected chi connectivity index (χ2v) is 7.82. The Hall–Kier alpha value is -1.82. The minimum absolute atomic E-state index is 0.0778. The Labute approximate surface area is 139 Å². The molecule has 0 saturated heterocycles. The van der Waals surface area contributed by atoms with Crippen LogP contribution in [0.3, 0.4) is 0 Å². The summed E-state index contributed by atoms with van der Waals surface area (Å²) in [4.78, 5) is 11.9. The number of rotatable bonds is 2. The van der Waals surface area contributed by atoms with Gasteiger partial charge in [0.1, 0.15) is 0 Å². The average molecular weight is 430 g/mol. The fourth-order valence-electron chi connectivity index (χ4n) is 1.81. The number of aromatic nitrogens is 5. The van der Waals surface area contributed by atoms with Gasteiger partial charge in [-0.15, -0.1) is 5.10 Å². The van der Waals surface area contributed by atoms with Crippen molar-refractivity contribution in [1.82, 2.24) is 24.6 Å². The Balaban J connectivity index is 2.21. The van der Waals surface area contributed by atoms with E-state index in [1.165, 1.54) is 4.52 Å². The molecule has 22 heavy (non-hydrogen) atoms. The monoisotopic (exact) mass is 430 g/mol. The molecule has 8 nitrogen and oxygen atoms in total. The molecule has 0 bridgehead atoms. The molecule has 0 aliphatic rings. The number of fused-ring (bicyclic) bond motifs is 1. The maximum Gasteiger partial charge on any atom is 0.258 e. The zero-order valence-corrected chi connectivity index (χ0v) is 14.6. The molecule has 1 aromatic carbocycles. The van der Waals surface area contributed by atoms with E-state index in [-0.39, 0.29) is 16.9 Å². The van der Waals surface area contributed by atoms with Crippen LogP contribution in [0.2, 0.25) is 0 Å². The summed E-state index contributed by atoms with van der Waals surface area (Å²) in [6.07, 6.45) is 1.01. The summed E-state index contributed by atoms with van der Waals surface area (Å²) in [7, 11) is -3.57. The highest BCUT2D eigenvalue weighted by Crippen LogP contribution is 2.21. The van der Waals surface area contributed by atoms with Crippen LogP contribution in [-0.2, 0) is 9.84 Å². The summed E-state index contributed by atoms with van der Waals surface area (Å²) in [5, 5.41) is 3.87. The Bertz CT molecular complexity index is 998. The Morgan fingerprint density at radius 2 is 1.95 bits per heavy atom. The summed E-state index contributed by atoms with van der Waals surface area (Å²) in [6.45, 7) is 2.00. The lowest BCUT2D eigenvalue weighted by atomic mass is 10.1. The SMILES string of the molecule is Cc1ccc(-c2nc3nc(S(C)(=O)=O)nc(N)n3n2)cc1I. The van der Waals surface area contributed by atoms with Gasteiger partial charge in [-0.25, -0.2) is 8.42 Å². The summed E-state index contributed by atoms with van der Waals surface area (Å²) in [6, 6.07) is 5.78. The van der Waals surface area contributed by atoms with Gasteiger partial charge < -0.3 is 5.73 Å². The van der Waals surface area contributed by atoms with Gasteiger partial charge in [0, 0.05) is 15.4 Å². The van der Waals surface area contributed by atoms with Crippen molar-refractivity contribution < 1.29 is 8.42 Å². The van der Waals surface area contributed by atoms with E-state index in [4.69, 9.17) is 5.73 Å². The van der Waals surface area contributed by atoms with Crippen molar-refractivity contribution >= 4 is 44.2 Å². The highest BCUT2D eigenvalue weighted by atomic mass is 127.